The van der Waals surface area contributed by atoms with Crippen molar-refractivity contribution in [1.29, 1.82) is 0 Å². The van der Waals surface area contributed by atoms with E-state index >= 15 is 0 Å². The topological polar surface area (TPSA) is 84.6 Å². The van der Waals surface area contributed by atoms with Gasteiger partial charge >= 0.3 is 0 Å². The summed E-state index contributed by atoms with van der Waals surface area (Å²) in [4.78, 5) is 26.4. The van der Waals surface area contributed by atoms with Crippen molar-refractivity contribution in [3.05, 3.63) is 72.6 Å². The minimum Gasteiger partial charge on any atom is -0.497 e. The SMILES string of the molecule is COc1cccc(C(=O)N(c2ccccn2)C2CCN(c3cc(N)ccn3)CC2)c1. The lowest BCUT2D eigenvalue weighted by atomic mass is 10.0. The molecule has 1 fully saturated rings. The number of aromatic nitrogens is 2. The second-order valence-corrected chi connectivity index (χ2v) is 7.26. The van der Waals surface area contributed by atoms with Crippen molar-refractivity contribution in [2.75, 3.05) is 35.7 Å². The van der Waals surface area contributed by atoms with E-state index in [2.05, 4.69) is 14.9 Å². The van der Waals surface area contributed by atoms with Crippen LogP contribution in [0.5, 0.6) is 5.75 Å². The zero-order valence-corrected chi connectivity index (χ0v) is 16.9. The van der Waals surface area contributed by atoms with Gasteiger partial charge in [0, 0.05) is 48.8 Å². The molecule has 0 bridgehead atoms. The molecule has 30 heavy (non-hydrogen) atoms. The molecule has 3 heterocycles. The summed E-state index contributed by atoms with van der Waals surface area (Å²) >= 11 is 0. The number of rotatable bonds is 5. The average molecular weight is 403 g/mol. The third kappa shape index (κ3) is 4.20. The van der Waals surface area contributed by atoms with Crippen LogP contribution in [0.1, 0.15) is 23.2 Å². The van der Waals surface area contributed by atoms with Gasteiger partial charge in [-0.15, -0.1) is 0 Å². The summed E-state index contributed by atoms with van der Waals surface area (Å²) in [5.74, 6) is 2.11. The van der Waals surface area contributed by atoms with Crippen LogP contribution in [-0.4, -0.2) is 42.1 Å². The van der Waals surface area contributed by atoms with E-state index in [1.165, 1.54) is 0 Å². The van der Waals surface area contributed by atoms with Gasteiger partial charge in [0.15, 0.2) is 0 Å². The Bertz CT molecular complexity index is 1000. The lowest BCUT2D eigenvalue weighted by Crippen LogP contribution is -2.48. The van der Waals surface area contributed by atoms with Gasteiger partial charge in [0.05, 0.1) is 7.11 Å². The van der Waals surface area contributed by atoms with Gasteiger partial charge in [-0.1, -0.05) is 12.1 Å². The molecule has 1 aromatic carbocycles. The molecule has 7 nitrogen and oxygen atoms in total. The van der Waals surface area contributed by atoms with Crippen LogP contribution in [-0.2, 0) is 0 Å². The van der Waals surface area contributed by atoms with Crippen molar-refractivity contribution < 1.29 is 9.53 Å². The molecular weight excluding hydrogens is 378 g/mol. The van der Waals surface area contributed by atoms with Gasteiger partial charge in [0.1, 0.15) is 17.4 Å². The number of anilines is 3. The maximum absolute atomic E-state index is 13.5. The molecule has 2 aromatic heterocycles. The fourth-order valence-corrected chi connectivity index (χ4v) is 3.81. The maximum atomic E-state index is 13.5. The van der Waals surface area contributed by atoms with E-state index in [1.807, 2.05) is 47.4 Å². The van der Waals surface area contributed by atoms with Crippen LogP contribution in [0.3, 0.4) is 0 Å². The summed E-state index contributed by atoms with van der Waals surface area (Å²) < 4.78 is 5.30. The standard InChI is InChI=1S/C23H25N5O2/c1-30-20-6-4-5-17(15-20)23(29)28(21-7-2-3-11-25-21)19-9-13-27(14-10-19)22-16-18(24)8-12-26-22/h2-8,11-12,15-16,19H,9-10,13-14H2,1H3,(H2,24,26). The molecule has 0 atom stereocenters. The molecule has 3 aromatic rings. The predicted molar refractivity (Wildman–Crippen MR) is 118 cm³/mol. The van der Waals surface area contributed by atoms with E-state index in [0.717, 1.165) is 31.7 Å². The second-order valence-electron chi connectivity index (χ2n) is 7.26. The first-order valence-corrected chi connectivity index (χ1v) is 10.0. The van der Waals surface area contributed by atoms with Gasteiger partial charge in [-0.2, -0.15) is 0 Å². The highest BCUT2D eigenvalue weighted by atomic mass is 16.5. The number of carbonyl (C=O) groups excluding carboxylic acids is 1. The quantitative estimate of drug-likeness (QED) is 0.703. The minimum atomic E-state index is -0.0758. The number of piperidine rings is 1. The summed E-state index contributed by atoms with van der Waals surface area (Å²) in [7, 11) is 1.60. The van der Waals surface area contributed by atoms with Crippen LogP contribution in [0.4, 0.5) is 17.3 Å². The van der Waals surface area contributed by atoms with Gasteiger partial charge < -0.3 is 15.4 Å². The zero-order chi connectivity index (χ0) is 20.9. The number of methoxy groups -OCH3 is 1. The highest BCUT2D eigenvalue weighted by molar-refractivity contribution is 6.06. The number of benzene rings is 1. The van der Waals surface area contributed by atoms with Crippen molar-refractivity contribution in [3.8, 4) is 5.75 Å². The van der Waals surface area contributed by atoms with Crippen LogP contribution >= 0.6 is 0 Å². The lowest BCUT2D eigenvalue weighted by molar-refractivity contribution is 0.0971. The number of nitrogens with zero attached hydrogens (tertiary/aromatic N) is 4. The summed E-state index contributed by atoms with van der Waals surface area (Å²) in [6.45, 7) is 1.58. The van der Waals surface area contributed by atoms with Gasteiger partial charge in [0.2, 0.25) is 0 Å². The van der Waals surface area contributed by atoms with Crippen LogP contribution in [0, 0.1) is 0 Å². The third-order valence-corrected chi connectivity index (χ3v) is 5.35. The number of hydrogen-bond acceptors (Lipinski definition) is 6. The van der Waals surface area contributed by atoms with Crippen molar-refractivity contribution in [3.63, 3.8) is 0 Å². The van der Waals surface area contributed by atoms with Gasteiger partial charge in [0.25, 0.3) is 5.91 Å². The van der Waals surface area contributed by atoms with Crippen molar-refractivity contribution in [2.24, 2.45) is 0 Å². The Morgan fingerprint density at radius 1 is 1.07 bits per heavy atom. The number of amides is 1. The highest BCUT2D eigenvalue weighted by Gasteiger charge is 2.31. The Balaban J connectivity index is 1.57. The Hall–Kier alpha value is -3.61. The molecular formula is C23H25N5O2. The monoisotopic (exact) mass is 403 g/mol. The number of hydrogen-bond donors (Lipinski definition) is 1. The molecule has 1 saturated heterocycles. The molecule has 0 spiro atoms. The fraction of sp³-hybridized carbons (Fsp3) is 0.261. The van der Waals surface area contributed by atoms with Crippen LogP contribution in [0.15, 0.2) is 67.0 Å². The minimum absolute atomic E-state index is 0.0379. The highest BCUT2D eigenvalue weighted by Crippen LogP contribution is 2.27. The summed E-state index contributed by atoms with van der Waals surface area (Å²) in [5.41, 5.74) is 7.19. The largest absolute Gasteiger partial charge is 0.497 e. The van der Waals surface area contributed by atoms with E-state index in [9.17, 15) is 4.79 Å². The molecule has 1 aliphatic heterocycles. The van der Waals surface area contributed by atoms with Crippen LogP contribution in [0.25, 0.3) is 0 Å². The number of pyridine rings is 2. The molecule has 1 amide bonds. The Morgan fingerprint density at radius 2 is 1.90 bits per heavy atom. The molecule has 4 rings (SSSR count). The molecule has 0 aliphatic carbocycles. The first-order valence-electron chi connectivity index (χ1n) is 10.0. The van der Waals surface area contributed by atoms with Gasteiger partial charge in [-0.3, -0.25) is 9.69 Å². The number of carbonyl (C=O) groups is 1. The Kier molecular flexibility index (Phi) is 5.79. The smallest absolute Gasteiger partial charge is 0.259 e. The molecule has 154 valence electrons. The van der Waals surface area contributed by atoms with E-state index in [4.69, 9.17) is 10.5 Å². The lowest BCUT2D eigenvalue weighted by Gasteiger charge is -2.38. The number of ether oxygens (including phenoxy) is 1. The van der Waals surface area contributed by atoms with E-state index < -0.39 is 0 Å². The Labute approximate surface area is 176 Å². The predicted octanol–water partition coefficient (Wildman–Crippen LogP) is 3.38. The fourth-order valence-electron chi connectivity index (χ4n) is 3.81. The van der Waals surface area contributed by atoms with Crippen molar-refractivity contribution in [2.45, 2.75) is 18.9 Å². The van der Waals surface area contributed by atoms with E-state index in [1.54, 1.807) is 31.6 Å². The average Bonchev–Trinajstić information content (AvgIpc) is 2.80. The molecule has 1 aliphatic rings. The first-order chi connectivity index (χ1) is 14.7. The Morgan fingerprint density at radius 3 is 2.60 bits per heavy atom. The molecule has 0 unspecified atom stereocenters. The van der Waals surface area contributed by atoms with Gasteiger partial charge in [-0.05, 0) is 49.2 Å². The zero-order valence-electron chi connectivity index (χ0n) is 16.9. The normalized spacial score (nSPS) is 14.4. The van der Waals surface area contributed by atoms with Gasteiger partial charge in [-0.25, -0.2) is 9.97 Å². The second kappa shape index (κ2) is 8.82. The maximum Gasteiger partial charge on any atom is 0.259 e. The van der Waals surface area contributed by atoms with Crippen molar-refractivity contribution in [1.82, 2.24) is 9.97 Å². The van der Waals surface area contributed by atoms with E-state index in [-0.39, 0.29) is 11.9 Å². The molecule has 0 radical (unpaired) electrons. The first kappa shape index (κ1) is 19.7. The number of nitrogen functional groups attached to an aromatic ring is 1. The summed E-state index contributed by atoms with van der Waals surface area (Å²) in [6.07, 6.45) is 5.06. The van der Waals surface area contributed by atoms with E-state index in [0.29, 0.717) is 22.8 Å². The van der Waals surface area contributed by atoms with Crippen LogP contribution in [0.2, 0.25) is 0 Å². The molecule has 2 N–H and O–H groups in total. The van der Waals surface area contributed by atoms with Crippen LogP contribution < -0.4 is 20.3 Å². The molecule has 7 heteroatoms. The summed E-state index contributed by atoms with van der Waals surface area (Å²) in [6, 6.07) is 16.6. The number of nitrogens with two attached hydrogens (primary N) is 1. The third-order valence-electron chi connectivity index (χ3n) is 5.35. The van der Waals surface area contributed by atoms with Crippen molar-refractivity contribution >= 4 is 23.2 Å². The summed E-state index contributed by atoms with van der Waals surface area (Å²) in [5, 5.41) is 0. The molecule has 0 saturated carbocycles.